The molecule has 6 nitrogen and oxygen atoms in total. The number of rotatable bonds is 19. The zero-order valence-electron chi connectivity index (χ0n) is 20.5. The predicted octanol–water partition coefficient (Wildman–Crippen LogP) is 5.28. The van der Waals surface area contributed by atoms with Gasteiger partial charge < -0.3 is 14.9 Å². The second-order valence-electron chi connectivity index (χ2n) is 9.45. The molecule has 0 saturated carbocycles. The number of aryl methyl sites for hydroxylation is 1. The third kappa shape index (κ3) is 11.3. The molecule has 1 aromatic rings. The first-order valence-corrected chi connectivity index (χ1v) is 14.2. The summed E-state index contributed by atoms with van der Waals surface area (Å²) in [5.74, 6) is 0. The Bertz CT molecular complexity index is 749. The van der Waals surface area contributed by atoms with Gasteiger partial charge >= 0.3 is 0 Å². The Morgan fingerprint density at radius 3 is 2.00 bits per heavy atom. The van der Waals surface area contributed by atoms with Crippen LogP contribution in [0, 0.1) is 6.92 Å². The summed E-state index contributed by atoms with van der Waals surface area (Å²) >= 11 is 0. The van der Waals surface area contributed by atoms with Gasteiger partial charge in [-0.1, -0.05) is 88.8 Å². The van der Waals surface area contributed by atoms with Crippen molar-refractivity contribution in [2.45, 2.75) is 127 Å². The van der Waals surface area contributed by atoms with E-state index in [1.807, 2.05) is 6.92 Å². The molecular weight excluding hydrogens is 440 g/mol. The molecule has 33 heavy (non-hydrogen) atoms. The number of hydrogen-bond donors (Lipinski definition) is 2. The Labute approximate surface area is 200 Å². The average Bonchev–Trinajstić information content (AvgIpc) is 3.56. The van der Waals surface area contributed by atoms with Crippen molar-refractivity contribution < 1.29 is 27.6 Å². The highest BCUT2D eigenvalue weighted by Gasteiger charge is 2.40. The van der Waals surface area contributed by atoms with Gasteiger partial charge in [0.05, 0.1) is 29.8 Å². The zero-order valence-corrected chi connectivity index (χ0v) is 21.3. The van der Waals surface area contributed by atoms with E-state index in [2.05, 4.69) is 6.92 Å². The number of unbranched alkanes of at least 4 members (excludes halogenated alkanes) is 9. The van der Waals surface area contributed by atoms with Crippen LogP contribution in [-0.4, -0.2) is 49.7 Å². The molecule has 1 aromatic carbocycles. The Balaban J connectivity index is 1.49. The van der Waals surface area contributed by atoms with Gasteiger partial charge in [-0.3, -0.25) is 4.18 Å². The van der Waals surface area contributed by atoms with Gasteiger partial charge in [0.2, 0.25) is 0 Å². The third-order valence-corrected chi connectivity index (χ3v) is 7.73. The largest absolute Gasteiger partial charge is 0.390 e. The summed E-state index contributed by atoms with van der Waals surface area (Å²) in [4.78, 5) is 0.135. The minimum atomic E-state index is -3.79. The highest BCUT2D eigenvalue weighted by atomic mass is 32.2. The molecule has 1 fully saturated rings. The van der Waals surface area contributed by atoms with E-state index in [1.54, 1.807) is 12.1 Å². The molecule has 7 heteroatoms. The summed E-state index contributed by atoms with van der Waals surface area (Å²) in [5, 5.41) is 20.4. The summed E-state index contributed by atoms with van der Waals surface area (Å²) in [6.45, 7) is 4.10. The summed E-state index contributed by atoms with van der Waals surface area (Å²) in [6, 6.07) is 6.52. The molecule has 1 aliphatic heterocycles. The molecule has 2 N–H and O–H groups in total. The number of benzene rings is 1. The number of aliphatic hydroxyl groups is 2. The third-order valence-electron chi connectivity index (χ3n) is 6.43. The smallest absolute Gasteiger partial charge is 0.297 e. The minimum Gasteiger partial charge on any atom is -0.390 e. The lowest BCUT2D eigenvalue weighted by atomic mass is 10.00. The monoisotopic (exact) mass is 484 g/mol. The number of hydrogen-bond acceptors (Lipinski definition) is 6. The van der Waals surface area contributed by atoms with Crippen molar-refractivity contribution in [2.75, 3.05) is 6.61 Å². The number of aliphatic hydroxyl groups excluding tert-OH is 2. The van der Waals surface area contributed by atoms with Crippen molar-refractivity contribution in [3.05, 3.63) is 29.8 Å². The van der Waals surface area contributed by atoms with Crippen LogP contribution in [0.15, 0.2) is 29.2 Å². The maximum Gasteiger partial charge on any atom is 0.297 e. The van der Waals surface area contributed by atoms with E-state index in [4.69, 9.17) is 8.92 Å². The van der Waals surface area contributed by atoms with E-state index in [0.717, 1.165) is 18.4 Å². The summed E-state index contributed by atoms with van der Waals surface area (Å²) < 4.78 is 35.0. The molecule has 2 rings (SSSR count). The van der Waals surface area contributed by atoms with Gasteiger partial charge in [-0.25, -0.2) is 0 Å². The molecule has 0 amide bonds. The normalized spacial score (nSPS) is 20.0. The lowest BCUT2D eigenvalue weighted by Crippen LogP contribution is -2.26. The first-order chi connectivity index (χ1) is 15.8. The average molecular weight is 485 g/mol. The summed E-state index contributed by atoms with van der Waals surface area (Å²) in [5.41, 5.74) is 0.980. The first kappa shape index (κ1) is 28.2. The van der Waals surface area contributed by atoms with Gasteiger partial charge in [-0.15, -0.1) is 0 Å². The van der Waals surface area contributed by atoms with Crippen molar-refractivity contribution in [2.24, 2.45) is 0 Å². The Hall–Kier alpha value is -0.990. The van der Waals surface area contributed by atoms with Crippen molar-refractivity contribution in [1.82, 2.24) is 0 Å². The molecule has 0 aromatic heterocycles. The van der Waals surface area contributed by atoms with Gasteiger partial charge in [0, 0.05) is 0 Å². The standard InChI is InChI=1S/C26H44O6S/c1-3-4-5-6-7-8-9-10-11-12-13-23(27)24(28)18-19-25-26(32-25)20-31-33(29,30)22-16-14-21(2)15-17-22/h14-17,23-28H,3-13,18-20H2,1-2H3/t23-,24-,25+,26+/m1/s1. The van der Waals surface area contributed by atoms with Crippen LogP contribution in [0.25, 0.3) is 0 Å². The van der Waals surface area contributed by atoms with E-state index in [1.165, 1.54) is 63.5 Å². The van der Waals surface area contributed by atoms with Crippen LogP contribution in [0.3, 0.4) is 0 Å². The maximum atomic E-state index is 12.2. The van der Waals surface area contributed by atoms with Crippen LogP contribution in [0.5, 0.6) is 0 Å². The fourth-order valence-corrected chi connectivity index (χ4v) is 4.99. The van der Waals surface area contributed by atoms with E-state index in [-0.39, 0.29) is 23.7 Å². The van der Waals surface area contributed by atoms with Gasteiger partial charge in [-0.05, 0) is 38.3 Å². The van der Waals surface area contributed by atoms with E-state index in [9.17, 15) is 18.6 Å². The molecule has 0 bridgehead atoms. The van der Waals surface area contributed by atoms with Crippen LogP contribution in [0.2, 0.25) is 0 Å². The molecular formula is C26H44O6S. The molecule has 190 valence electrons. The van der Waals surface area contributed by atoms with E-state index in [0.29, 0.717) is 19.3 Å². The Morgan fingerprint density at radius 1 is 0.848 bits per heavy atom. The molecule has 1 saturated heterocycles. The van der Waals surface area contributed by atoms with Crippen molar-refractivity contribution in [1.29, 1.82) is 0 Å². The van der Waals surface area contributed by atoms with Crippen LogP contribution >= 0.6 is 0 Å². The van der Waals surface area contributed by atoms with E-state index < -0.39 is 22.3 Å². The molecule has 0 radical (unpaired) electrons. The topological polar surface area (TPSA) is 96.4 Å². The quantitative estimate of drug-likeness (QED) is 0.158. The Kier molecular flexibility index (Phi) is 12.9. The highest BCUT2D eigenvalue weighted by molar-refractivity contribution is 7.86. The lowest BCUT2D eigenvalue weighted by molar-refractivity contribution is 0.00647. The zero-order chi connectivity index (χ0) is 24.1. The molecule has 0 aliphatic carbocycles. The summed E-state index contributed by atoms with van der Waals surface area (Å²) in [6.07, 6.45) is 12.2. The van der Waals surface area contributed by atoms with Gasteiger partial charge in [0.25, 0.3) is 10.1 Å². The van der Waals surface area contributed by atoms with Crippen LogP contribution < -0.4 is 0 Å². The fourth-order valence-electron chi connectivity index (χ4n) is 4.07. The molecule has 1 aliphatic rings. The van der Waals surface area contributed by atoms with Crippen LogP contribution in [-0.2, 0) is 19.0 Å². The maximum absolute atomic E-state index is 12.2. The predicted molar refractivity (Wildman–Crippen MR) is 131 cm³/mol. The number of epoxide rings is 1. The Morgan fingerprint density at radius 2 is 1.39 bits per heavy atom. The van der Waals surface area contributed by atoms with Crippen molar-refractivity contribution >= 4 is 10.1 Å². The number of ether oxygens (including phenoxy) is 1. The lowest BCUT2D eigenvalue weighted by Gasteiger charge is -2.17. The van der Waals surface area contributed by atoms with E-state index >= 15 is 0 Å². The molecule has 4 atom stereocenters. The molecule has 1 heterocycles. The molecule has 0 spiro atoms. The van der Waals surface area contributed by atoms with Gasteiger partial charge in [0.1, 0.15) is 6.10 Å². The second-order valence-corrected chi connectivity index (χ2v) is 11.1. The van der Waals surface area contributed by atoms with Crippen molar-refractivity contribution in [3.63, 3.8) is 0 Å². The summed E-state index contributed by atoms with van der Waals surface area (Å²) in [7, 11) is -3.79. The van der Waals surface area contributed by atoms with Crippen LogP contribution in [0.4, 0.5) is 0 Å². The van der Waals surface area contributed by atoms with Crippen molar-refractivity contribution in [3.8, 4) is 0 Å². The van der Waals surface area contributed by atoms with Gasteiger partial charge in [0.15, 0.2) is 0 Å². The first-order valence-electron chi connectivity index (χ1n) is 12.8. The van der Waals surface area contributed by atoms with Gasteiger partial charge in [-0.2, -0.15) is 8.42 Å². The SMILES string of the molecule is CCCCCCCCCCCC[C@@H](O)[C@H](O)CC[C@@H]1O[C@H]1COS(=O)(=O)c1ccc(C)cc1. The fraction of sp³-hybridized carbons (Fsp3) is 0.769. The molecule has 0 unspecified atom stereocenters. The minimum absolute atomic E-state index is 0.0296. The highest BCUT2D eigenvalue weighted by Crippen LogP contribution is 2.29. The van der Waals surface area contributed by atoms with Crippen LogP contribution in [0.1, 0.15) is 96.0 Å². The second kappa shape index (κ2) is 15.1.